The normalized spacial score (nSPS) is 15.5. The molecule has 7 nitrogen and oxygen atoms in total. The number of fused-ring (bicyclic) bond motifs is 2. The van der Waals surface area contributed by atoms with Gasteiger partial charge in [-0.3, -0.25) is 9.36 Å². The fourth-order valence-electron chi connectivity index (χ4n) is 4.09. The minimum atomic E-state index is -0.987. The molecule has 0 bridgehead atoms. The van der Waals surface area contributed by atoms with Crippen molar-refractivity contribution in [2.24, 2.45) is 0 Å². The highest BCUT2D eigenvalue weighted by Gasteiger charge is 2.39. The number of carboxylic acids is 1. The Morgan fingerprint density at radius 1 is 1.30 bits per heavy atom. The topological polar surface area (TPSA) is 91.2 Å². The van der Waals surface area contributed by atoms with E-state index < -0.39 is 5.97 Å². The Morgan fingerprint density at radius 3 is 2.70 bits per heavy atom. The number of rotatable bonds is 3. The Hall–Kier alpha value is -3.09. The lowest BCUT2D eigenvalue weighted by Gasteiger charge is -2.35. The average Bonchev–Trinajstić information content (AvgIpc) is 3.11. The first-order valence-electron chi connectivity index (χ1n) is 8.95. The van der Waals surface area contributed by atoms with E-state index in [1.807, 2.05) is 0 Å². The van der Waals surface area contributed by atoms with Gasteiger partial charge in [0.1, 0.15) is 0 Å². The maximum absolute atomic E-state index is 12.8. The minimum absolute atomic E-state index is 0.102. The second-order valence-corrected chi connectivity index (χ2v) is 7.91. The first-order valence-corrected chi connectivity index (χ1v) is 8.95. The van der Waals surface area contributed by atoms with E-state index in [-0.39, 0.29) is 22.7 Å². The maximum atomic E-state index is 12.8. The van der Waals surface area contributed by atoms with Crippen molar-refractivity contribution >= 4 is 22.8 Å². The molecule has 2 N–H and O–H groups in total. The zero-order valence-electron chi connectivity index (χ0n) is 15.8. The quantitative estimate of drug-likeness (QED) is 0.743. The van der Waals surface area contributed by atoms with Gasteiger partial charge in [-0.15, -0.1) is 0 Å². The van der Waals surface area contributed by atoms with E-state index in [1.165, 1.54) is 6.07 Å². The third kappa shape index (κ3) is 2.61. The van der Waals surface area contributed by atoms with Crippen LogP contribution in [0.3, 0.4) is 0 Å². The number of aromatic carboxylic acids is 1. The molecule has 2 aromatic heterocycles. The highest BCUT2D eigenvalue weighted by atomic mass is 16.4. The lowest BCUT2D eigenvalue weighted by Crippen LogP contribution is -2.45. The Kier molecular flexibility index (Phi) is 3.66. The average molecular weight is 366 g/mol. The number of nitrogens with one attached hydrogen (secondary N) is 1. The van der Waals surface area contributed by atoms with Crippen LogP contribution in [0.2, 0.25) is 0 Å². The van der Waals surface area contributed by atoms with Crippen LogP contribution in [0.4, 0.5) is 5.95 Å². The second kappa shape index (κ2) is 5.70. The number of benzene rings is 1. The van der Waals surface area contributed by atoms with E-state index in [9.17, 15) is 14.7 Å². The fraction of sp³-hybridized carbons (Fsp3) is 0.350. The van der Waals surface area contributed by atoms with Crippen LogP contribution in [0, 0.1) is 0 Å². The van der Waals surface area contributed by atoms with Crippen molar-refractivity contribution in [2.45, 2.75) is 45.8 Å². The van der Waals surface area contributed by atoms with Crippen molar-refractivity contribution in [1.82, 2.24) is 14.5 Å². The standard InChI is InChI=1S/C20H22N4O3/c1-11(2)24-19-22-16(8-17(25)23(19)10-20(24,3)4)14-9-21-15-6-5-12(18(26)27)7-13(14)15/h5-9,11,21H,10H2,1-4H3,(H,26,27). The Morgan fingerprint density at radius 2 is 2.04 bits per heavy atom. The minimum Gasteiger partial charge on any atom is -0.478 e. The summed E-state index contributed by atoms with van der Waals surface area (Å²) in [6.07, 6.45) is 1.77. The molecule has 0 saturated carbocycles. The van der Waals surface area contributed by atoms with Gasteiger partial charge >= 0.3 is 5.97 Å². The van der Waals surface area contributed by atoms with Crippen LogP contribution in [0.25, 0.3) is 22.2 Å². The Bertz CT molecular complexity index is 1120. The maximum Gasteiger partial charge on any atom is 0.335 e. The first kappa shape index (κ1) is 17.3. The van der Waals surface area contributed by atoms with Crippen molar-refractivity contribution in [2.75, 3.05) is 4.90 Å². The molecule has 1 aliphatic rings. The van der Waals surface area contributed by atoms with Crippen molar-refractivity contribution < 1.29 is 9.90 Å². The van der Waals surface area contributed by atoms with Crippen LogP contribution >= 0.6 is 0 Å². The molecule has 0 atom stereocenters. The predicted molar refractivity (Wildman–Crippen MR) is 104 cm³/mol. The molecule has 0 unspecified atom stereocenters. The highest BCUT2D eigenvalue weighted by molar-refractivity contribution is 6.00. The lowest BCUT2D eigenvalue weighted by molar-refractivity contribution is 0.0697. The van der Waals surface area contributed by atoms with Gasteiger partial charge < -0.3 is 15.0 Å². The van der Waals surface area contributed by atoms with Crippen LogP contribution in [-0.2, 0) is 6.54 Å². The van der Waals surface area contributed by atoms with Crippen LogP contribution in [0.5, 0.6) is 0 Å². The number of H-pyrrole nitrogens is 1. The summed E-state index contributed by atoms with van der Waals surface area (Å²) in [4.78, 5) is 34.2. The molecule has 0 fully saturated rings. The zero-order chi connectivity index (χ0) is 19.5. The summed E-state index contributed by atoms with van der Waals surface area (Å²) >= 11 is 0. The van der Waals surface area contributed by atoms with Gasteiger partial charge in [0.15, 0.2) is 0 Å². The van der Waals surface area contributed by atoms with Gasteiger partial charge in [0.25, 0.3) is 5.56 Å². The van der Waals surface area contributed by atoms with E-state index in [1.54, 1.807) is 29.0 Å². The number of aromatic amines is 1. The van der Waals surface area contributed by atoms with Crippen LogP contribution < -0.4 is 10.5 Å². The molecular weight excluding hydrogens is 344 g/mol. The number of anilines is 1. The number of hydrogen-bond acceptors (Lipinski definition) is 4. The molecule has 0 spiro atoms. The predicted octanol–water partition coefficient (Wildman–Crippen LogP) is 3.10. The van der Waals surface area contributed by atoms with E-state index in [4.69, 9.17) is 4.98 Å². The van der Waals surface area contributed by atoms with Gasteiger partial charge in [0.05, 0.1) is 23.3 Å². The summed E-state index contributed by atoms with van der Waals surface area (Å²) < 4.78 is 1.71. The highest BCUT2D eigenvalue weighted by Crippen LogP contribution is 2.35. The van der Waals surface area contributed by atoms with Crippen molar-refractivity contribution in [1.29, 1.82) is 0 Å². The molecule has 27 heavy (non-hydrogen) atoms. The molecular formula is C20H22N4O3. The summed E-state index contributed by atoms with van der Waals surface area (Å²) in [5, 5.41) is 10.0. The molecule has 3 aromatic rings. The van der Waals surface area contributed by atoms with Gasteiger partial charge in [0.2, 0.25) is 5.95 Å². The van der Waals surface area contributed by atoms with Gasteiger partial charge in [0, 0.05) is 34.8 Å². The van der Waals surface area contributed by atoms with Gasteiger partial charge in [-0.25, -0.2) is 9.78 Å². The zero-order valence-corrected chi connectivity index (χ0v) is 15.8. The van der Waals surface area contributed by atoms with E-state index in [2.05, 4.69) is 37.6 Å². The van der Waals surface area contributed by atoms with E-state index in [0.717, 1.165) is 16.5 Å². The number of nitrogens with zero attached hydrogens (tertiary/aromatic N) is 3. The molecule has 3 heterocycles. The number of carbonyl (C=O) groups is 1. The Labute approximate surface area is 156 Å². The van der Waals surface area contributed by atoms with Crippen molar-refractivity contribution in [3.05, 3.63) is 46.4 Å². The molecule has 0 radical (unpaired) electrons. The van der Waals surface area contributed by atoms with E-state index in [0.29, 0.717) is 18.2 Å². The fourth-order valence-corrected chi connectivity index (χ4v) is 4.09. The summed E-state index contributed by atoms with van der Waals surface area (Å²) in [5.74, 6) is -0.333. The smallest absolute Gasteiger partial charge is 0.335 e. The van der Waals surface area contributed by atoms with Gasteiger partial charge in [-0.05, 0) is 45.9 Å². The Balaban J connectivity index is 1.93. The first-order chi connectivity index (χ1) is 12.7. The molecule has 140 valence electrons. The lowest BCUT2D eigenvalue weighted by atomic mass is 10.0. The van der Waals surface area contributed by atoms with Gasteiger partial charge in [-0.2, -0.15) is 0 Å². The van der Waals surface area contributed by atoms with Gasteiger partial charge in [-0.1, -0.05) is 0 Å². The third-order valence-electron chi connectivity index (χ3n) is 5.12. The van der Waals surface area contributed by atoms with Crippen molar-refractivity contribution in [3.63, 3.8) is 0 Å². The third-order valence-corrected chi connectivity index (χ3v) is 5.12. The molecule has 1 aliphatic heterocycles. The second-order valence-electron chi connectivity index (χ2n) is 7.91. The summed E-state index contributed by atoms with van der Waals surface area (Å²) in [6.45, 7) is 8.96. The number of aromatic nitrogens is 3. The van der Waals surface area contributed by atoms with Crippen LogP contribution in [0.15, 0.2) is 35.3 Å². The van der Waals surface area contributed by atoms with Crippen molar-refractivity contribution in [3.8, 4) is 11.3 Å². The molecule has 7 heteroatoms. The van der Waals surface area contributed by atoms with E-state index >= 15 is 0 Å². The van der Waals surface area contributed by atoms with Crippen LogP contribution in [-0.4, -0.2) is 37.2 Å². The summed E-state index contributed by atoms with van der Waals surface area (Å²) in [6, 6.07) is 6.61. The number of carboxylic acid groups (broad SMARTS) is 1. The van der Waals surface area contributed by atoms with Crippen LogP contribution in [0.1, 0.15) is 38.1 Å². The summed E-state index contributed by atoms with van der Waals surface area (Å²) in [5.41, 5.74) is 1.97. The molecule has 4 rings (SSSR count). The summed E-state index contributed by atoms with van der Waals surface area (Å²) in [7, 11) is 0. The molecule has 0 aliphatic carbocycles. The molecule has 0 amide bonds. The number of hydrogen-bond donors (Lipinski definition) is 2. The largest absolute Gasteiger partial charge is 0.478 e. The monoisotopic (exact) mass is 366 g/mol. The molecule has 0 saturated heterocycles. The SMILES string of the molecule is CC(C)N1c2nc(-c3c[nH]c4ccc(C(=O)O)cc34)cc(=O)n2CC1(C)C. The molecule has 1 aromatic carbocycles.